The molecule has 26 heavy (non-hydrogen) atoms. The number of carbonyl (C=O) groups excluding carboxylic acids is 2. The van der Waals surface area contributed by atoms with Gasteiger partial charge in [0, 0.05) is 0 Å². The lowest BCUT2D eigenvalue weighted by Crippen LogP contribution is -2.44. The van der Waals surface area contributed by atoms with Crippen LogP contribution in [-0.4, -0.2) is 34.8 Å². The summed E-state index contributed by atoms with van der Waals surface area (Å²) in [5, 5.41) is 11.2. The molecule has 0 spiro atoms. The summed E-state index contributed by atoms with van der Waals surface area (Å²) in [5.41, 5.74) is -2.15. The molecule has 7 nitrogen and oxygen atoms in total. The number of esters is 1. The molecule has 0 saturated heterocycles. The number of halogens is 1. The minimum Gasteiger partial charge on any atom is -0.478 e. The molecular weight excluding hydrogens is 345 g/mol. The van der Waals surface area contributed by atoms with E-state index < -0.39 is 46.7 Å². The third kappa shape index (κ3) is 6.02. The second-order valence-corrected chi connectivity index (χ2v) is 7.30. The van der Waals surface area contributed by atoms with Gasteiger partial charge in [0.2, 0.25) is 0 Å². The first-order chi connectivity index (χ1) is 11.7. The van der Waals surface area contributed by atoms with Crippen molar-refractivity contribution >= 4 is 18.0 Å². The van der Waals surface area contributed by atoms with Crippen LogP contribution in [-0.2, 0) is 19.9 Å². The Kier molecular flexibility index (Phi) is 6.35. The summed E-state index contributed by atoms with van der Waals surface area (Å²) in [6.45, 7) is 9.55. The molecule has 0 fully saturated rings. The number of hydrogen-bond acceptors (Lipinski definition) is 5. The number of carboxylic acids is 1. The van der Waals surface area contributed by atoms with Gasteiger partial charge in [-0.2, -0.15) is 0 Å². The quantitative estimate of drug-likeness (QED) is 0.773. The molecule has 144 valence electrons. The van der Waals surface area contributed by atoms with Crippen LogP contribution in [0.15, 0.2) is 18.2 Å². The summed E-state index contributed by atoms with van der Waals surface area (Å²) in [4.78, 5) is 34.8. The number of aromatic carboxylic acids is 1. The standard InChI is InChI=1S/C18H24FNO6/c1-10(20-16(24)26-17(2,3)4)15(23)25-18(5,6)11-7-8-12(14(21)22)13(19)9-11/h7-10H,1-6H3,(H,20,24)(H,21,22). The van der Waals surface area contributed by atoms with Crippen LogP contribution in [0.1, 0.15) is 57.5 Å². The van der Waals surface area contributed by atoms with E-state index in [9.17, 15) is 18.8 Å². The Labute approximate surface area is 151 Å². The van der Waals surface area contributed by atoms with Crippen LogP contribution in [0.4, 0.5) is 9.18 Å². The number of ether oxygens (including phenoxy) is 2. The number of amides is 1. The number of alkyl carbamates (subject to hydrolysis) is 1. The first-order valence-electron chi connectivity index (χ1n) is 7.98. The predicted molar refractivity (Wildman–Crippen MR) is 91.3 cm³/mol. The van der Waals surface area contributed by atoms with Crippen LogP contribution in [0.5, 0.6) is 0 Å². The molecule has 8 heteroatoms. The average molecular weight is 369 g/mol. The van der Waals surface area contributed by atoms with E-state index in [1.54, 1.807) is 20.8 Å². The lowest BCUT2D eigenvalue weighted by Gasteiger charge is -2.28. The highest BCUT2D eigenvalue weighted by Gasteiger charge is 2.30. The van der Waals surface area contributed by atoms with E-state index in [1.807, 2.05) is 0 Å². The maximum atomic E-state index is 13.9. The predicted octanol–water partition coefficient (Wildman–Crippen LogP) is 3.22. The van der Waals surface area contributed by atoms with Crippen LogP contribution in [0, 0.1) is 5.82 Å². The molecule has 2 N–H and O–H groups in total. The normalized spacial score (nSPS) is 12.9. The lowest BCUT2D eigenvalue weighted by atomic mass is 9.96. The SMILES string of the molecule is CC(NC(=O)OC(C)(C)C)C(=O)OC(C)(C)c1ccc(C(=O)O)c(F)c1. The van der Waals surface area contributed by atoms with Gasteiger partial charge in [0.15, 0.2) is 0 Å². The monoisotopic (exact) mass is 369 g/mol. The lowest BCUT2D eigenvalue weighted by molar-refractivity contribution is -0.159. The van der Waals surface area contributed by atoms with E-state index >= 15 is 0 Å². The van der Waals surface area contributed by atoms with E-state index in [0.29, 0.717) is 0 Å². The molecule has 1 amide bonds. The summed E-state index contributed by atoms with van der Waals surface area (Å²) in [5.74, 6) is -3.07. The van der Waals surface area contributed by atoms with Crippen LogP contribution in [0.25, 0.3) is 0 Å². The molecule has 0 heterocycles. The van der Waals surface area contributed by atoms with Crippen molar-refractivity contribution in [3.8, 4) is 0 Å². The van der Waals surface area contributed by atoms with Gasteiger partial charge in [-0.05, 0) is 59.2 Å². The fourth-order valence-corrected chi connectivity index (χ4v) is 2.01. The molecule has 0 aliphatic rings. The van der Waals surface area contributed by atoms with E-state index in [0.717, 1.165) is 12.1 Å². The number of hydrogen-bond donors (Lipinski definition) is 2. The summed E-state index contributed by atoms with van der Waals surface area (Å²) >= 11 is 0. The van der Waals surface area contributed by atoms with Gasteiger partial charge in [-0.15, -0.1) is 0 Å². The number of rotatable bonds is 5. The van der Waals surface area contributed by atoms with Gasteiger partial charge in [0.05, 0.1) is 5.56 Å². The minimum absolute atomic E-state index is 0.276. The minimum atomic E-state index is -1.39. The molecule has 0 aliphatic carbocycles. The average Bonchev–Trinajstić information content (AvgIpc) is 2.43. The van der Waals surface area contributed by atoms with Gasteiger partial charge in [-0.25, -0.2) is 18.8 Å². The van der Waals surface area contributed by atoms with Gasteiger partial charge in [0.1, 0.15) is 23.1 Å². The number of nitrogens with one attached hydrogen (secondary N) is 1. The van der Waals surface area contributed by atoms with Crippen molar-refractivity contribution in [3.63, 3.8) is 0 Å². The zero-order valence-electron chi connectivity index (χ0n) is 15.7. The Morgan fingerprint density at radius 2 is 1.69 bits per heavy atom. The van der Waals surface area contributed by atoms with Gasteiger partial charge < -0.3 is 19.9 Å². The van der Waals surface area contributed by atoms with Crippen LogP contribution < -0.4 is 5.32 Å². The first kappa shape index (κ1) is 21.4. The fraction of sp³-hybridized carbons (Fsp3) is 0.500. The smallest absolute Gasteiger partial charge is 0.408 e. The van der Waals surface area contributed by atoms with Crippen LogP contribution in [0.3, 0.4) is 0 Å². The highest BCUT2D eigenvalue weighted by molar-refractivity contribution is 5.88. The van der Waals surface area contributed by atoms with Crippen LogP contribution in [0.2, 0.25) is 0 Å². The van der Waals surface area contributed by atoms with Gasteiger partial charge in [0.25, 0.3) is 0 Å². The second kappa shape index (κ2) is 7.72. The number of carbonyl (C=O) groups is 3. The van der Waals surface area contributed by atoms with Gasteiger partial charge in [-0.3, -0.25) is 0 Å². The Morgan fingerprint density at radius 1 is 1.12 bits per heavy atom. The summed E-state index contributed by atoms with van der Waals surface area (Å²) < 4.78 is 24.3. The van der Waals surface area contributed by atoms with Crippen molar-refractivity contribution in [1.82, 2.24) is 5.32 Å². The van der Waals surface area contributed by atoms with Crippen molar-refractivity contribution in [1.29, 1.82) is 0 Å². The summed E-state index contributed by atoms with van der Waals surface area (Å²) in [7, 11) is 0. The third-order valence-electron chi connectivity index (χ3n) is 3.34. The Bertz CT molecular complexity index is 708. The van der Waals surface area contributed by atoms with Gasteiger partial charge in [-0.1, -0.05) is 6.07 Å². The van der Waals surface area contributed by atoms with Crippen molar-refractivity contribution < 1.29 is 33.4 Å². The molecule has 0 saturated carbocycles. The van der Waals surface area contributed by atoms with Crippen molar-refractivity contribution in [3.05, 3.63) is 35.1 Å². The highest BCUT2D eigenvalue weighted by atomic mass is 19.1. The Balaban J connectivity index is 2.82. The second-order valence-electron chi connectivity index (χ2n) is 7.30. The van der Waals surface area contributed by atoms with E-state index in [2.05, 4.69) is 5.32 Å². The molecule has 1 aromatic rings. The molecule has 0 bridgehead atoms. The Morgan fingerprint density at radius 3 is 2.15 bits per heavy atom. The third-order valence-corrected chi connectivity index (χ3v) is 3.34. The molecule has 1 atom stereocenters. The summed E-state index contributed by atoms with van der Waals surface area (Å²) in [6, 6.07) is 2.48. The van der Waals surface area contributed by atoms with Crippen molar-refractivity contribution in [2.24, 2.45) is 0 Å². The van der Waals surface area contributed by atoms with E-state index in [4.69, 9.17) is 14.6 Å². The van der Waals surface area contributed by atoms with E-state index in [-0.39, 0.29) is 5.56 Å². The van der Waals surface area contributed by atoms with Crippen LogP contribution >= 0.6 is 0 Å². The molecule has 1 rings (SSSR count). The number of carboxylic acid groups (broad SMARTS) is 1. The highest BCUT2D eigenvalue weighted by Crippen LogP contribution is 2.27. The van der Waals surface area contributed by atoms with Crippen molar-refractivity contribution in [2.75, 3.05) is 0 Å². The zero-order chi connectivity index (χ0) is 20.3. The molecule has 0 aromatic heterocycles. The summed E-state index contributed by atoms with van der Waals surface area (Å²) in [6.07, 6.45) is -0.767. The maximum Gasteiger partial charge on any atom is 0.408 e. The van der Waals surface area contributed by atoms with E-state index in [1.165, 1.54) is 26.8 Å². The maximum absolute atomic E-state index is 13.9. The first-order valence-corrected chi connectivity index (χ1v) is 7.98. The molecule has 1 aromatic carbocycles. The molecule has 1 unspecified atom stereocenters. The number of benzene rings is 1. The molecule has 0 aliphatic heterocycles. The Hall–Kier alpha value is -2.64. The topological polar surface area (TPSA) is 102 Å². The zero-order valence-corrected chi connectivity index (χ0v) is 15.7. The molecule has 0 radical (unpaired) electrons. The molecular formula is C18H24FNO6. The van der Waals surface area contributed by atoms with Crippen molar-refractivity contribution in [2.45, 2.75) is 58.8 Å². The largest absolute Gasteiger partial charge is 0.478 e. The van der Waals surface area contributed by atoms with Gasteiger partial charge >= 0.3 is 18.0 Å². The fourth-order valence-electron chi connectivity index (χ4n) is 2.01.